The Bertz CT molecular complexity index is 1700. The monoisotopic (exact) mass is 558 g/mol. The van der Waals surface area contributed by atoms with Crippen LogP contribution in [0.5, 0.6) is 0 Å². The Morgan fingerprint density at radius 1 is 0.725 bits per heavy atom. The summed E-state index contributed by atoms with van der Waals surface area (Å²) in [5.41, 5.74) is 1.82. The molecule has 1 heterocycles. The van der Waals surface area contributed by atoms with Crippen LogP contribution in [0.1, 0.15) is 34.6 Å². The molecule has 1 saturated heterocycles. The SMILES string of the molecule is Cc1ccc(S(=O)(=O)/C(=C2/O[C@@H](c3ccc([N+](=O)[O-])cc3)O[C@@H]2c2ccc([N+](=O)[O-])cc2)c2ccccc2)cc1. The molecular weight excluding hydrogens is 536 g/mol. The summed E-state index contributed by atoms with van der Waals surface area (Å²) < 4.78 is 40.7. The van der Waals surface area contributed by atoms with Crippen molar-refractivity contribution in [3.8, 4) is 0 Å². The van der Waals surface area contributed by atoms with Gasteiger partial charge in [-0.25, -0.2) is 8.42 Å². The third-order valence-corrected chi connectivity index (χ3v) is 8.24. The van der Waals surface area contributed by atoms with Crippen molar-refractivity contribution in [1.29, 1.82) is 0 Å². The number of hydrogen-bond acceptors (Lipinski definition) is 8. The van der Waals surface area contributed by atoms with Crippen molar-refractivity contribution in [1.82, 2.24) is 0 Å². The number of aryl methyl sites for hydroxylation is 1. The Hall–Kier alpha value is -4.87. The van der Waals surface area contributed by atoms with E-state index in [9.17, 15) is 28.6 Å². The lowest BCUT2D eigenvalue weighted by atomic mass is 10.1. The number of nitro benzene ring substituents is 2. The molecule has 0 unspecified atom stereocenters. The molecule has 0 aromatic heterocycles. The van der Waals surface area contributed by atoms with Gasteiger partial charge in [0, 0.05) is 29.8 Å². The summed E-state index contributed by atoms with van der Waals surface area (Å²) in [6, 6.07) is 25.9. The fourth-order valence-electron chi connectivity index (χ4n) is 4.32. The number of ether oxygens (including phenoxy) is 2. The summed E-state index contributed by atoms with van der Waals surface area (Å²) in [5.74, 6) is -0.0102. The smallest absolute Gasteiger partial charge is 0.269 e. The summed E-state index contributed by atoms with van der Waals surface area (Å²) in [4.78, 5) is 21.2. The van der Waals surface area contributed by atoms with E-state index in [2.05, 4.69) is 0 Å². The normalized spacial score (nSPS) is 18.1. The van der Waals surface area contributed by atoms with E-state index in [0.717, 1.165) is 5.56 Å². The molecule has 202 valence electrons. The van der Waals surface area contributed by atoms with Gasteiger partial charge in [-0.1, -0.05) is 48.0 Å². The molecule has 0 amide bonds. The van der Waals surface area contributed by atoms with E-state index in [1.54, 1.807) is 42.5 Å². The molecule has 0 saturated carbocycles. The number of hydrogen-bond donors (Lipinski definition) is 0. The number of nitrogens with zero attached hydrogens (tertiary/aromatic N) is 2. The highest BCUT2D eigenvalue weighted by Gasteiger charge is 2.41. The Morgan fingerprint density at radius 3 is 1.77 bits per heavy atom. The van der Waals surface area contributed by atoms with Crippen LogP contribution in [0.2, 0.25) is 0 Å². The molecule has 0 bridgehead atoms. The first-order valence-electron chi connectivity index (χ1n) is 12.1. The predicted octanol–water partition coefficient (Wildman–Crippen LogP) is 6.44. The summed E-state index contributed by atoms with van der Waals surface area (Å²) in [5, 5.41) is 22.4. The molecule has 11 heteroatoms. The number of rotatable bonds is 7. The number of non-ortho nitro benzene ring substituents is 2. The summed E-state index contributed by atoms with van der Waals surface area (Å²) in [6.45, 7) is 1.85. The van der Waals surface area contributed by atoms with Crippen LogP contribution in [0.15, 0.2) is 114 Å². The Balaban J connectivity index is 1.71. The van der Waals surface area contributed by atoms with Crippen LogP contribution in [0.4, 0.5) is 11.4 Å². The zero-order chi connectivity index (χ0) is 28.4. The van der Waals surface area contributed by atoms with E-state index < -0.39 is 32.1 Å². The minimum atomic E-state index is -4.16. The molecule has 40 heavy (non-hydrogen) atoms. The molecular formula is C29H22N2O8S. The quantitative estimate of drug-likeness (QED) is 0.186. The molecule has 0 radical (unpaired) electrons. The molecule has 2 atom stereocenters. The molecule has 0 N–H and O–H groups in total. The van der Waals surface area contributed by atoms with Gasteiger partial charge in [-0.15, -0.1) is 0 Å². The lowest BCUT2D eigenvalue weighted by molar-refractivity contribution is -0.385. The van der Waals surface area contributed by atoms with E-state index in [1.807, 2.05) is 6.92 Å². The van der Waals surface area contributed by atoms with Gasteiger partial charge in [-0.2, -0.15) is 0 Å². The highest BCUT2D eigenvalue weighted by atomic mass is 32.2. The predicted molar refractivity (Wildman–Crippen MR) is 146 cm³/mol. The fourth-order valence-corrected chi connectivity index (χ4v) is 5.91. The lowest BCUT2D eigenvalue weighted by Gasteiger charge is -2.16. The Labute approximate surface area is 229 Å². The second-order valence-corrected chi connectivity index (χ2v) is 10.9. The highest BCUT2D eigenvalue weighted by molar-refractivity contribution is 8.00. The Kier molecular flexibility index (Phi) is 7.16. The van der Waals surface area contributed by atoms with Gasteiger partial charge in [0.15, 0.2) is 5.76 Å². The van der Waals surface area contributed by atoms with E-state index in [1.165, 1.54) is 60.7 Å². The molecule has 4 aromatic rings. The highest BCUT2D eigenvalue weighted by Crippen LogP contribution is 2.48. The van der Waals surface area contributed by atoms with Crippen molar-refractivity contribution in [2.45, 2.75) is 24.2 Å². The minimum absolute atomic E-state index is 0.0102. The summed E-state index contributed by atoms with van der Waals surface area (Å²) in [6.07, 6.45) is -2.17. The maximum atomic E-state index is 14.2. The molecule has 10 nitrogen and oxygen atoms in total. The second kappa shape index (κ2) is 10.7. The first kappa shape index (κ1) is 26.7. The van der Waals surface area contributed by atoms with Crippen molar-refractivity contribution in [3.05, 3.63) is 151 Å². The average molecular weight is 559 g/mol. The van der Waals surface area contributed by atoms with Crippen LogP contribution >= 0.6 is 0 Å². The van der Waals surface area contributed by atoms with E-state index in [-0.39, 0.29) is 26.9 Å². The third kappa shape index (κ3) is 5.20. The van der Waals surface area contributed by atoms with Gasteiger partial charge in [-0.3, -0.25) is 20.2 Å². The summed E-state index contributed by atoms with van der Waals surface area (Å²) >= 11 is 0. The largest absolute Gasteiger partial charge is 0.460 e. The van der Waals surface area contributed by atoms with Gasteiger partial charge in [0.1, 0.15) is 11.0 Å². The van der Waals surface area contributed by atoms with Crippen molar-refractivity contribution >= 4 is 26.1 Å². The second-order valence-electron chi connectivity index (χ2n) is 9.04. The fraction of sp³-hybridized carbons (Fsp3) is 0.103. The van der Waals surface area contributed by atoms with Gasteiger partial charge >= 0.3 is 0 Å². The molecule has 0 spiro atoms. The first-order valence-corrected chi connectivity index (χ1v) is 13.6. The van der Waals surface area contributed by atoms with Gasteiger partial charge in [0.2, 0.25) is 16.1 Å². The van der Waals surface area contributed by atoms with Crippen molar-refractivity contribution in [3.63, 3.8) is 0 Å². The summed E-state index contributed by atoms with van der Waals surface area (Å²) in [7, 11) is -4.16. The first-order chi connectivity index (χ1) is 19.1. The Morgan fingerprint density at radius 2 is 1.25 bits per heavy atom. The molecule has 5 rings (SSSR count). The maximum absolute atomic E-state index is 14.2. The van der Waals surface area contributed by atoms with Crippen LogP contribution in [0.3, 0.4) is 0 Å². The van der Waals surface area contributed by atoms with Crippen LogP contribution in [0, 0.1) is 27.2 Å². The maximum Gasteiger partial charge on any atom is 0.269 e. The van der Waals surface area contributed by atoms with Crippen LogP contribution in [-0.4, -0.2) is 18.3 Å². The minimum Gasteiger partial charge on any atom is -0.460 e. The molecule has 1 aliphatic rings. The molecule has 1 fully saturated rings. The standard InChI is InChI=1S/C29H22N2O8S/c1-19-7-17-25(18-8-19)40(36,37)28(21-5-3-2-4-6-21)27-26(20-9-13-23(14-10-20)30(32)33)38-29(39-27)22-11-15-24(16-12-22)31(34)35/h2-18,26,29H,1H3/b28-27+/t26-,29+/m1/s1. The molecule has 0 aliphatic carbocycles. The van der Waals surface area contributed by atoms with Crippen molar-refractivity contribution in [2.24, 2.45) is 0 Å². The number of nitro groups is 2. The number of benzene rings is 4. The topological polar surface area (TPSA) is 139 Å². The number of sulfone groups is 1. The van der Waals surface area contributed by atoms with Gasteiger partial charge in [0.05, 0.1) is 14.7 Å². The van der Waals surface area contributed by atoms with Crippen molar-refractivity contribution in [2.75, 3.05) is 0 Å². The van der Waals surface area contributed by atoms with Crippen molar-refractivity contribution < 1.29 is 27.7 Å². The van der Waals surface area contributed by atoms with Gasteiger partial charge < -0.3 is 9.47 Å². The molecule has 1 aliphatic heterocycles. The van der Waals surface area contributed by atoms with Gasteiger partial charge in [0.25, 0.3) is 11.4 Å². The van der Waals surface area contributed by atoms with E-state index in [4.69, 9.17) is 9.47 Å². The third-order valence-electron chi connectivity index (χ3n) is 6.37. The van der Waals surface area contributed by atoms with Crippen LogP contribution < -0.4 is 0 Å². The van der Waals surface area contributed by atoms with E-state index in [0.29, 0.717) is 16.7 Å². The zero-order valence-electron chi connectivity index (χ0n) is 21.0. The zero-order valence-corrected chi connectivity index (χ0v) is 21.9. The lowest BCUT2D eigenvalue weighted by Crippen LogP contribution is -2.10. The van der Waals surface area contributed by atoms with E-state index >= 15 is 0 Å². The molecule has 4 aromatic carbocycles. The average Bonchev–Trinajstić information content (AvgIpc) is 3.38. The van der Waals surface area contributed by atoms with Crippen LogP contribution in [0.25, 0.3) is 4.91 Å². The van der Waals surface area contributed by atoms with Crippen LogP contribution in [-0.2, 0) is 19.3 Å². The van der Waals surface area contributed by atoms with Gasteiger partial charge in [-0.05, 0) is 54.4 Å².